The maximum Gasteiger partial charge on any atom is 0.393 e. The number of halogens is 1. The molecule has 0 aliphatic carbocycles. The third kappa shape index (κ3) is 1.19. The fourth-order valence-electron chi connectivity index (χ4n) is 0.638. The zero-order chi connectivity index (χ0) is 5.44. The zero-order valence-electron chi connectivity index (χ0n) is 4.15. The highest BCUT2D eigenvalue weighted by Gasteiger charge is 2.46. The largest absolute Gasteiger partial charge is 0.393 e. The average molecular weight is 133 g/mol. The Morgan fingerprint density at radius 2 is 2.43 bits per heavy atom. The summed E-state index contributed by atoms with van der Waals surface area (Å²) in [4.78, 5) is 10.2. The van der Waals surface area contributed by atoms with Gasteiger partial charge in [0, 0.05) is 0 Å². The van der Waals surface area contributed by atoms with Crippen LogP contribution in [0.25, 0.3) is 0 Å². The Morgan fingerprint density at radius 3 is 2.43 bits per heavy atom. The van der Waals surface area contributed by atoms with Crippen LogP contribution in [0.4, 0.5) is 4.79 Å². The smallest absolute Gasteiger partial charge is 0.304 e. The van der Waals surface area contributed by atoms with Crippen LogP contribution in [0.15, 0.2) is 0 Å². The van der Waals surface area contributed by atoms with Gasteiger partial charge in [0.2, 0.25) is 0 Å². The van der Waals surface area contributed by atoms with Gasteiger partial charge in [-0.3, -0.25) is 0 Å². The van der Waals surface area contributed by atoms with Gasteiger partial charge in [-0.05, 0) is 0 Å². The fraction of sp³-hybridized carbons (Fsp3) is 0.750. The molecule has 1 heterocycles. The second kappa shape index (κ2) is 1.78. The van der Waals surface area contributed by atoms with Crippen molar-refractivity contribution < 1.29 is 4.79 Å². The van der Waals surface area contributed by atoms with E-state index < -0.39 is 14.1 Å². The molecule has 0 amide bonds. The summed E-state index contributed by atoms with van der Waals surface area (Å²) in [6.45, 7) is 2.09. The molecule has 1 fully saturated rings. The molecule has 1 aliphatic rings. The van der Waals surface area contributed by atoms with E-state index in [2.05, 4.69) is 6.92 Å². The molecule has 1 rings (SSSR count). The minimum Gasteiger partial charge on any atom is -0.304 e. The minimum atomic E-state index is -0.961. The van der Waals surface area contributed by atoms with Gasteiger partial charge in [0.1, 0.15) is 4.10 Å². The summed E-state index contributed by atoms with van der Waals surface area (Å²) < 4.78 is 0.678. The van der Waals surface area contributed by atoms with Gasteiger partial charge in [0.25, 0.3) is 0 Å². The van der Waals surface area contributed by atoms with Crippen molar-refractivity contribution >= 4 is 29.9 Å². The Labute approximate surface area is 52.0 Å². The predicted molar refractivity (Wildman–Crippen MR) is 31.2 cm³/mol. The number of carbonyl (C=O) groups excluding carboxylic acids is 1. The lowest BCUT2D eigenvalue weighted by Crippen LogP contribution is -1.97. The van der Waals surface area contributed by atoms with Crippen molar-refractivity contribution in [2.75, 3.05) is 0 Å². The lowest BCUT2D eigenvalue weighted by atomic mass is 10.6. The summed E-state index contributed by atoms with van der Waals surface area (Å²) in [5.74, 6) is 0. The molecule has 0 radical (unpaired) electrons. The summed E-state index contributed by atoms with van der Waals surface area (Å²) in [5, 5.41) is 1.14. The molecule has 0 bridgehead atoms. The summed E-state index contributed by atoms with van der Waals surface area (Å²) in [6, 6.07) is 0. The molecule has 0 aromatic rings. The van der Waals surface area contributed by atoms with Crippen molar-refractivity contribution in [3.05, 3.63) is 0 Å². The first-order valence-corrected chi connectivity index (χ1v) is 4.85. The van der Waals surface area contributed by atoms with E-state index in [1.807, 2.05) is 0 Å². The number of carbonyl (C=O) groups is 1. The van der Waals surface area contributed by atoms with Crippen LogP contribution < -0.4 is 0 Å². The van der Waals surface area contributed by atoms with Crippen LogP contribution in [0, 0.1) is 0 Å². The van der Waals surface area contributed by atoms with Crippen LogP contribution in [-0.2, 0) is 0 Å². The van der Waals surface area contributed by atoms with Crippen LogP contribution in [0.3, 0.4) is 0 Å². The summed E-state index contributed by atoms with van der Waals surface area (Å²) in [5.41, 5.74) is 0. The first-order valence-electron chi connectivity index (χ1n) is 2.41. The van der Waals surface area contributed by atoms with E-state index in [1.165, 1.54) is 0 Å². The SMILES string of the molecule is C[C@@H]1[CH2][Al]1[C](=O)Cl. The third-order valence-electron chi connectivity index (χ3n) is 1.40. The highest BCUT2D eigenvalue weighted by Crippen LogP contribution is 2.37. The molecule has 1 nitrogen and oxygen atoms in total. The molecule has 7 heavy (non-hydrogen) atoms. The molecule has 38 valence electrons. The first-order chi connectivity index (χ1) is 3.22. The molecule has 0 saturated carbocycles. The summed E-state index contributed by atoms with van der Waals surface area (Å²) >= 11 is 4.23. The van der Waals surface area contributed by atoms with E-state index in [0.29, 0.717) is 4.78 Å². The highest BCUT2D eigenvalue weighted by atomic mass is 35.5. The molecule has 0 spiro atoms. The van der Waals surface area contributed by atoms with E-state index in [1.54, 1.807) is 0 Å². The van der Waals surface area contributed by atoms with Gasteiger partial charge in [-0.25, -0.2) is 0 Å². The van der Waals surface area contributed by atoms with Crippen molar-refractivity contribution in [2.24, 2.45) is 0 Å². The summed E-state index contributed by atoms with van der Waals surface area (Å²) in [7, 11) is 0. The second-order valence-corrected chi connectivity index (χ2v) is 6.21. The zero-order valence-corrected chi connectivity index (χ0v) is 6.06. The standard InChI is InChI=1S/C3H6.CClO.Al/c1-3-2;2-1-3;/h3H,1H2,2H3;;. The number of hydrogen-bond acceptors (Lipinski definition) is 1. The van der Waals surface area contributed by atoms with Gasteiger partial charge in [-0.2, -0.15) is 0 Å². The quantitative estimate of drug-likeness (QED) is 0.393. The van der Waals surface area contributed by atoms with E-state index >= 15 is 0 Å². The second-order valence-electron chi connectivity index (χ2n) is 2.12. The van der Waals surface area contributed by atoms with E-state index in [0.717, 1.165) is 5.28 Å². The summed E-state index contributed by atoms with van der Waals surface area (Å²) in [6.07, 6.45) is 0. The molecule has 1 aliphatic heterocycles. The van der Waals surface area contributed by atoms with Gasteiger partial charge in [-0.1, -0.05) is 28.6 Å². The number of rotatable bonds is 1. The Morgan fingerprint density at radius 1 is 2.00 bits per heavy atom. The molecular formula is C4H6AlClO. The van der Waals surface area contributed by atoms with Crippen LogP contribution >= 0.6 is 11.6 Å². The molecule has 1 saturated heterocycles. The van der Waals surface area contributed by atoms with E-state index in [-0.39, 0.29) is 4.10 Å². The molecule has 0 aromatic carbocycles. The van der Waals surface area contributed by atoms with Crippen molar-refractivity contribution in [3.63, 3.8) is 0 Å². The Kier molecular flexibility index (Phi) is 1.43. The van der Waals surface area contributed by atoms with Crippen LogP contribution in [-0.4, -0.2) is 18.3 Å². The Bertz CT molecular complexity index is 104. The Balaban J connectivity index is 2.33. The monoisotopic (exact) mass is 132 g/mol. The normalized spacial score (nSPS) is 27.7. The van der Waals surface area contributed by atoms with Crippen LogP contribution in [0.2, 0.25) is 10.1 Å². The molecule has 0 aromatic heterocycles. The Hall–Kier alpha value is 0.492. The van der Waals surface area contributed by atoms with Crippen LogP contribution in [0.1, 0.15) is 6.92 Å². The van der Waals surface area contributed by atoms with Gasteiger partial charge >= 0.3 is 14.1 Å². The highest BCUT2D eigenvalue weighted by molar-refractivity contribution is 7.14. The topological polar surface area (TPSA) is 17.1 Å². The van der Waals surface area contributed by atoms with E-state index in [9.17, 15) is 4.79 Å². The van der Waals surface area contributed by atoms with Gasteiger partial charge in [-0.15, -0.1) is 0 Å². The molecule has 1 atom stereocenters. The number of hydrogen-bond donors (Lipinski definition) is 0. The first kappa shape index (κ1) is 5.63. The lowest BCUT2D eigenvalue weighted by molar-refractivity contribution is 0.274. The average Bonchev–Trinajstić information content (AvgIpc) is 2.17. The van der Waals surface area contributed by atoms with Gasteiger partial charge < -0.3 is 4.79 Å². The molecule has 0 N–H and O–H groups in total. The van der Waals surface area contributed by atoms with Crippen LogP contribution in [0.5, 0.6) is 0 Å². The van der Waals surface area contributed by atoms with Crippen molar-refractivity contribution in [1.82, 2.24) is 0 Å². The van der Waals surface area contributed by atoms with Crippen molar-refractivity contribution in [1.29, 1.82) is 0 Å². The maximum atomic E-state index is 10.2. The third-order valence-corrected chi connectivity index (χ3v) is 5.04. The van der Waals surface area contributed by atoms with E-state index in [4.69, 9.17) is 11.6 Å². The minimum absolute atomic E-state index is 0.0208. The maximum absolute atomic E-state index is 10.2. The lowest BCUT2D eigenvalue weighted by Gasteiger charge is -1.71. The van der Waals surface area contributed by atoms with Gasteiger partial charge in [0.15, 0.2) is 0 Å². The van der Waals surface area contributed by atoms with Crippen molar-refractivity contribution in [2.45, 2.75) is 17.0 Å². The molecule has 0 unspecified atom stereocenters. The molecular weight excluding hydrogens is 126 g/mol. The van der Waals surface area contributed by atoms with Crippen molar-refractivity contribution in [3.8, 4) is 0 Å². The van der Waals surface area contributed by atoms with Gasteiger partial charge in [0.05, 0.1) is 0 Å². The fourth-order valence-corrected chi connectivity index (χ4v) is 3.24. The predicted octanol–water partition coefficient (Wildman–Crippen LogP) is 1.83. The molecule has 3 heteroatoms.